The van der Waals surface area contributed by atoms with Crippen LogP contribution in [0.3, 0.4) is 0 Å². The molecule has 2 aromatic heterocycles. The van der Waals surface area contributed by atoms with Crippen LogP contribution in [0, 0.1) is 0 Å². The van der Waals surface area contributed by atoms with E-state index in [9.17, 15) is 9.59 Å². The van der Waals surface area contributed by atoms with E-state index in [1.165, 1.54) is 10.7 Å². The third-order valence-corrected chi connectivity index (χ3v) is 6.09. The van der Waals surface area contributed by atoms with Gasteiger partial charge in [0.2, 0.25) is 5.91 Å². The van der Waals surface area contributed by atoms with E-state index in [2.05, 4.69) is 11.2 Å². The number of rotatable bonds is 5. The number of methoxy groups -OCH3 is 1. The Kier molecular flexibility index (Phi) is 5.01. The Morgan fingerprint density at radius 3 is 2.62 bits per heavy atom. The lowest BCUT2D eigenvalue weighted by atomic mass is 10.1. The molecule has 32 heavy (non-hydrogen) atoms. The number of amides is 1. The Hall–Kier alpha value is -3.87. The number of ether oxygens (including phenoxy) is 1. The number of likely N-dealkylation sites (tertiary alicyclic amines) is 1. The van der Waals surface area contributed by atoms with E-state index in [0.29, 0.717) is 31.0 Å². The van der Waals surface area contributed by atoms with Crippen LogP contribution in [-0.2, 0) is 18.3 Å². The maximum absolute atomic E-state index is 12.9. The van der Waals surface area contributed by atoms with Gasteiger partial charge in [-0.25, -0.2) is 4.68 Å². The molecular formula is C25H24N4O3. The Morgan fingerprint density at radius 2 is 1.81 bits per heavy atom. The second-order valence-electron chi connectivity index (χ2n) is 8.11. The Bertz CT molecular complexity index is 1370. The highest BCUT2D eigenvalue weighted by Gasteiger charge is 2.33. The Labute approximate surface area is 185 Å². The molecule has 0 bridgehead atoms. The zero-order chi connectivity index (χ0) is 22.2. The zero-order valence-electron chi connectivity index (χ0n) is 18.1. The second-order valence-corrected chi connectivity index (χ2v) is 8.11. The van der Waals surface area contributed by atoms with E-state index in [4.69, 9.17) is 4.74 Å². The molecule has 0 saturated carbocycles. The summed E-state index contributed by atoms with van der Waals surface area (Å²) in [6.07, 6.45) is 2.36. The van der Waals surface area contributed by atoms with Crippen LogP contribution in [0.1, 0.15) is 11.6 Å². The van der Waals surface area contributed by atoms with Crippen molar-refractivity contribution in [2.45, 2.75) is 12.5 Å². The molecule has 0 atom stereocenters. The van der Waals surface area contributed by atoms with Crippen LogP contribution >= 0.6 is 0 Å². The number of aromatic nitrogens is 3. The minimum Gasteiger partial charge on any atom is -0.496 e. The minimum atomic E-state index is -0.171. The number of hydrogen-bond donors (Lipinski definition) is 0. The standard InChI is InChI=1S/C25H24N4O3/c1-27-14-17(19-7-3-5-9-22(19)27)13-25(31)28-15-18(16-28)29-24(30)12-11-21(26-29)20-8-4-6-10-23(20)32-2/h3-12,14,18H,13,15-16H2,1-2H3. The van der Waals surface area contributed by atoms with E-state index in [0.717, 1.165) is 22.0 Å². The van der Waals surface area contributed by atoms with E-state index < -0.39 is 0 Å². The SMILES string of the molecule is COc1ccccc1-c1ccc(=O)n(C2CN(C(=O)Cc3cn(C)c4ccccc34)C2)n1. The summed E-state index contributed by atoms with van der Waals surface area (Å²) in [6.45, 7) is 0.956. The average molecular weight is 428 g/mol. The third-order valence-electron chi connectivity index (χ3n) is 6.09. The van der Waals surface area contributed by atoms with Gasteiger partial charge in [-0.3, -0.25) is 9.59 Å². The highest BCUT2D eigenvalue weighted by Crippen LogP contribution is 2.29. The van der Waals surface area contributed by atoms with Crippen LogP contribution < -0.4 is 10.3 Å². The van der Waals surface area contributed by atoms with Crippen molar-refractivity contribution in [1.82, 2.24) is 19.2 Å². The molecule has 1 amide bonds. The number of nitrogens with zero attached hydrogens (tertiary/aromatic N) is 4. The monoisotopic (exact) mass is 428 g/mol. The molecule has 1 fully saturated rings. The van der Waals surface area contributed by atoms with Crippen LogP contribution in [0.2, 0.25) is 0 Å². The maximum Gasteiger partial charge on any atom is 0.267 e. The predicted molar refractivity (Wildman–Crippen MR) is 123 cm³/mol. The first-order valence-corrected chi connectivity index (χ1v) is 10.6. The van der Waals surface area contributed by atoms with Gasteiger partial charge in [-0.2, -0.15) is 5.10 Å². The lowest BCUT2D eigenvalue weighted by Crippen LogP contribution is -2.53. The molecule has 0 radical (unpaired) electrons. The number of fused-ring (bicyclic) bond motifs is 1. The summed E-state index contributed by atoms with van der Waals surface area (Å²) in [4.78, 5) is 27.1. The maximum atomic E-state index is 12.9. The van der Waals surface area contributed by atoms with Crippen molar-refractivity contribution in [2.24, 2.45) is 7.05 Å². The van der Waals surface area contributed by atoms with Crippen LogP contribution in [-0.4, -0.2) is 45.4 Å². The second kappa shape index (κ2) is 8.00. The lowest BCUT2D eigenvalue weighted by Gasteiger charge is -2.39. The fourth-order valence-electron chi connectivity index (χ4n) is 4.34. The molecular weight excluding hydrogens is 404 g/mol. The van der Waals surface area contributed by atoms with Crippen molar-refractivity contribution in [3.8, 4) is 17.0 Å². The van der Waals surface area contributed by atoms with Gasteiger partial charge < -0.3 is 14.2 Å². The van der Waals surface area contributed by atoms with E-state index in [-0.39, 0.29) is 17.5 Å². The number of aryl methyl sites for hydroxylation is 1. The molecule has 0 N–H and O–H groups in total. The van der Waals surface area contributed by atoms with Crippen molar-refractivity contribution in [2.75, 3.05) is 20.2 Å². The molecule has 0 spiro atoms. The van der Waals surface area contributed by atoms with Crippen LogP contribution in [0.4, 0.5) is 0 Å². The van der Waals surface area contributed by atoms with E-state index in [1.807, 2.05) is 60.3 Å². The Morgan fingerprint density at radius 1 is 1.06 bits per heavy atom. The van der Waals surface area contributed by atoms with Crippen molar-refractivity contribution in [1.29, 1.82) is 0 Å². The van der Waals surface area contributed by atoms with Gasteiger partial charge in [0.1, 0.15) is 5.75 Å². The fraction of sp³-hybridized carbons (Fsp3) is 0.240. The summed E-state index contributed by atoms with van der Waals surface area (Å²) in [6, 6.07) is 18.8. The minimum absolute atomic E-state index is 0.0616. The highest BCUT2D eigenvalue weighted by molar-refractivity contribution is 5.89. The van der Waals surface area contributed by atoms with Crippen LogP contribution in [0.15, 0.2) is 71.7 Å². The summed E-state index contributed by atoms with van der Waals surface area (Å²) >= 11 is 0. The van der Waals surface area contributed by atoms with E-state index in [1.54, 1.807) is 18.1 Å². The number of carbonyl (C=O) groups is 1. The molecule has 2 aromatic carbocycles. The predicted octanol–water partition coefficient (Wildman–Crippen LogP) is 3.04. The average Bonchev–Trinajstić information content (AvgIpc) is 3.09. The smallest absolute Gasteiger partial charge is 0.267 e. The van der Waals surface area contributed by atoms with Gasteiger partial charge in [0.05, 0.1) is 25.3 Å². The first kappa shape index (κ1) is 20.1. The number of para-hydroxylation sites is 2. The normalized spacial score (nSPS) is 13.9. The third kappa shape index (κ3) is 3.45. The molecule has 7 nitrogen and oxygen atoms in total. The summed E-state index contributed by atoms with van der Waals surface area (Å²) in [5.41, 5.74) is 3.45. The van der Waals surface area contributed by atoms with Crippen molar-refractivity contribution in [3.05, 3.63) is 82.8 Å². The van der Waals surface area contributed by atoms with Gasteiger partial charge in [0, 0.05) is 48.9 Å². The van der Waals surface area contributed by atoms with Crippen molar-refractivity contribution in [3.63, 3.8) is 0 Å². The molecule has 5 rings (SSSR count). The van der Waals surface area contributed by atoms with Crippen molar-refractivity contribution < 1.29 is 9.53 Å². The van der Waals surface area contributed by atoms with Crippen LogP contribution in [0.5, 0.6) is 5.75 Å². The Balaban J connectivity index is 1.32. The molecule has 0 unspecified atom stereocenters. The summed E-state index contributed by atoms with van der Waals surface area (Å²) in [5, 5.41) is 5.68. The fourth-order valence-corrected chi connectivity index (χ4v) is 4.34. The molecule has 4 aromatic rings. The van der Waals surface area contributed by atoms with Gasteiger partial charge in [-0.15, -0.1) is 0 Å². The van der Waals surface area contributed by atoms with E-state index >= 15 is 0 Å². The molecule has 0 aliphatic carbocycles. The molecule has 3 heterocycles. The van der Waals surface area contributed by atoms with Gasteiger partial charge in [-0.1, -0.05) is 30.3 Å². The molecule has 1 saturated heterocycles. The molecule has 1 aliphatic rings. The summed E-state index contributed by atoms with van der Waals surface area (Å²) in [5.74, 6) is 0.761. The summed E-state index contributed by atoms with van der Waals surface area (Å²) in [7, 11) is 3.60. The number of benzene rings is 2. The molecule has 1 aliphatic heterocycles. The largest absolute Gasteiger partial charge is 0.496 e. The van der Waals surface area contributed by atoms with Crippen molar-refractivity contribution >= 4 is 16.8 Å². The van der Waals surface area contributed by atoms with Gasteiger partial charge >= 0.3 is 0 Å². The zero-order valence-corrected chi connectivity index (χ0v) is 18.1. The van der Waals surface area contributed by atoms with Gasteiger partial charge in [0.15, 0.2) is 0 Å². The number of carbonyl (C=O) groups excluding carboxylic acids is 1. The molecule has 7 heteroatoms. The van der Waals surface area contributed by atoms with Gasteiger partial charge in [-0.05, 0) is 29.8 Å². The lowest BCUT2D eigenvalue weighted by molar-refractivity contribution is -0.136. The summed E-state index contributed by atoms with van der Waals surface area (Å²) < 4.78 is 8.96. The van der Waals surface area contributed by atoms with Crippen LogP contribution in [0.25, 0.3) is 22.2 Å². The van der Waals surface area contributed by atoms with Gasteiger partial charge in [0.25, 0.3) is 5.56 Å². The highest BCUT2D eigenvalue weighted by atomic mass is 16.5. The topological polar surface area (TPSA) is 69.4 Å². The first-order chi connectivity index (χ1) is 15.5. The quantitative estimate of drug-likeness (QED) is 0.490. The molecule has 162 valence electrons. The first-order valence-electron chi connectivity index (χ1n) is 10.6. The number of hydrogen-bond acceptors (Lipinski definition) is 4.